The highest BCUT2D eigenvalue weighted by Crippen LogP contribution is 2.20. The van der Waals surface area contributed by atoms with E-state index in [0.29, 0.717) is 17.7 Å². The second kappa shape index (κ2) is 4.98. The molecule has 0 radical (unpaired) electrons. The lowest BCUT2D eigenvalue weighted by atomic mass is 10.00. The molecule has 0 spiro atoms. The smallest absolute Gasteiger partial charge is 0.251 e. The average Bonchev–Trinajstić information content (AvgIpc) is 2.77. The minimum absolute atomic E-state index is 0.000387. The zero-order valence-corrected chi connectivity index (χ0v) is 10.9. The summed E-state index contributed by atoms with van der Waals surface area (Å²) in [5.41, 5.74) is 1.16. The summed E-state index contributed by atoms with van der Waals surface area (Å²) in [5, 5.41) is 15.9. The Morgan fingerprint density at radius 2 is 2.33 bits per heavy atom. The molecule has 1 atom stereocenters. The zero-order chi connectivity index (χ0) is 13.2. The third-order valence-electron chi connectivity index (χ3n) is 3.65. The second-order valence-electron chi connectivity index (χ2n) is 5.22. The molecule has 4 nitrogen and oxygen atoms in total. The molecule has 1 aromatic rings. The van der Waals surface area contributed by atoms with Crippen molar-refractivity contribution in [2.45, 2.75) is 32.2 Å². The van der Waals surface area contributed by atoms with Gasteiger partial charge in [-0.2, -0.15) is 0 Å². The molecule has 0 bridgehead atoms. The van der Waals surface area contributed by atoms with Gasteiger partial charge in [-0.1, -0.05) is 6.07 Å². The van der Waals surface area contributed by atoms with Crippen LogP contribution in [0.3, 0.4) is 0 Å². The highest BCUT2D eigenvalue weighted by molar-refractivity contribution is 5.96. The molecule has 98 valence electrons. The fraction of sp³-hybridized carbons (Fsp3) is 0.500. The van der Waals surface area contributed by atoms with E-state index in [2.05, 4.69) is 17.6 Å². The van der Waals surface area contributed by atoms with Gasteiger partial charge in [0.05, 0.1) is 0 Å². The van der Waals surface area contributed by atoms with Crippen LogP contribution in [-0.2, 0) is 0 Å². The van der Waals surface area contributed by atoms with Crippen LogP contribution in [0.25, 0.3) is 0 Å². The number of carbonyl (C=O) groups excluding carboxylic acids is 1. The maximum absolute atomic E-state index is 12.1. The predicted octanol–water partition coefficient (Wildman–Crippen LogP) is 1.57. The molecule has 1 unspecified atom stereocenters. The van der Waals surface area contributed by atoms with Crippen LogP contribution in [0.4, 0.5) is 0 Å². The number of phenols is 1. The molecule has 3 N–H and O–H groups in total. The number of benzene rings is 1. The standard InChI is InChI=1S/C14H20N2O2/c1-10-11(5-3-6-12(10)17)13(18)15-9-14(2)7-4-8-16-14/h3,5-6,16-17H,4,7-9H2,1-2H3,(H,15,18). The van der Waals surface area contributed by atoms with Gasteiger partial charge in [0, 0.05) is 23.2 Å². The van der Waals surface area contributed by atoms with Crippen LogP contribution < -0.4 is 10.6 Å². The number of aromatic hydroxyl groups is 1. The molecule has 0 aromatic heterocycles. The Hall–Kier alpha value is -1.55. The van der Waals surface area contributed by atoms with E-state index in [9.17, 15) is 9.90 Å². The van der Waals surface area contributed by atoms with E-state index in [4.69, 9.17) is 0 Å². The molecule has 1 aliphatic rings. The van der Waals surface area contributed by atoms with Crippen molar-refractivity contribution in [3.63, 3.8) is 0 Å². The number of amides is 1. The fourth-order valence-electron chi connectivity index (χ4n) is 2.35. The lowest BCUT2D eigenvalue weighted by molar-refractivity contribution is 0.0941. The summed E-state index contributed by atoms with van der Waals surface area (Å²) in [6.45, 7) is 5.49. The first-order valence-corrected chi connectivity index (χ1v) is 6.34. The van der Waals surface area contributed by atoms with Crippen molar-refractivity contribution in [1.29, 1.82) is 0 Å². The molecular weight excluding hydrogens is 228 g/mol. The van der Waals surface area contributed by atoms with E-state index in [1.54, 1.807) is 25.1 Å². The molecule has 1 aromatic carbocycles. The number of phenolic OH excluding ortho intramolecular Hbond substituents is 1. The van der Waals surface area contributed by atoms with E-state index in [-0.39, 0.29) is 17.2 Å². The van der Waals surface area contributed by atoms with E-state index in [0.717, 1.165) is 19.4 Å². The van der Waals surface area contributed by atoms with Gasteiger partial charge in [-0.25, -0.2) is 0 Å². The van der Waals surface area contributed by atoms with E-state index >= 15 is 0 Å². The van der Waals surface area contributed by atoms with E-state index in [1.165, 1.54) is 0 Å². The first-order valence-electron chi connectivity index (χ1n) is 6.34. The first-order chi connectivity index (χ1) is 8.52. The lowest BCUT2D eigenvalue weighted by Gasteiger charge is -2.24. The van der Waals surface area contributed by atoms with Crippen molar-refractivity contribution < 1.29 is 9.90 Å². The quantitative estimate of drug-likeness (QED) is 0.761. The van der Waals surface area contributed by atoms with E-state index < -0.39 is 0 Å². The first kappa shape index (κ1) is 12.9. The summed E-state index contributed by atoms with van der Waals surface area (Å²) < 4.78 is 0. The van der Waals surface area contributed by atoms with Crippen molar-refractivity contribution in [1.82, 2.24) is 10.6 Å². The predicted molar refractivity (Wildman–Crippen MR) is 70.8 cm³/mol. The van der Waals surface area contributed by atoms with Crippen molar-refractivity contribution in [3.8, 4) is 5.75 Å². The monoisotopic (exact) mass is 248 g/mol. The van der Waals surface area contributed by atoms with E-state index in [1.807, 2.05) is 0 Å². The summed E-state index contributed by atoms with van der Waals surface area (Å²) in [7, 11) is 0. The Morgan fingerprint density at radius 3 is 3.00 bits per heavy atom. The Bertz CT molecular complexity index is 451. The van der Waals surface area contributed by atoms with Crippen LogP contribution >= 0.6 is 0 Å². The fourth-order valence-corrected chi connectivity index (χ4v) is 2.35. The van der Waals surface area contributed by atoms with Crippen LogP contribution in [0, 0.1) is 6.92 Å². The number of carbonyl (C=O) groups is 1. The zero-order valence-electron chi connectivity index (χ0n) is 10.9. The van der Waals surface area contributed by atoms with Crippen molar-refractivity contribution in [2.75, 3.05) is 13.1 Å². The molecule has 1 amide bonds. The normalized spacial score (nSPS) is 23.0. The molecule has 0 saturated carbocycles. The van der Waals surface area contributed by atoms with Gasteiger partial charge >= 0.3 is 0 Å². The third-order valence-corrected chi connectivity index (χ3v) is 3.65. The van der Waals surface area contributed by atoms with Crippen LogP contribution in [-0.4, -0.2) is 29.6 Å². The highest BCUT2D eigenvalue weighted by atomic mass is 16.3. The molecule has 18 heavy (non-hydrogen) atoms. The van der Waals surface area contributed by atoms with Gasteiger partial charge in [0.1, 0.15) is 5.75 Å². The van der Waals surface area contributed by atoms with Crippen LogP contribution in [0.1, 0.15) is 35.7 Å². The largest absolute Gasteiger partial charge is 0.508 e. The summed E-state index contributed by atoms with van der Waals surface area (Å²) in [6.07, 6.45) is 2.23. The topological polar surface area (TPSA) is 61.4 Å². The van der Waals surface area contributed by atoms with Crippen molar-refractivity contribution in [2.24, 2.45) is 0 Å². The maximum Gasteiger partial charge on any atom is 0.251 e. The summed E-state index contributed by atoms with van der Waals surface area (Å²) in [4.78, 5) is 12.1. The van der Waals surface area contributed by atoms with Crippen LogP contribution in [0.2, 0.25) is 0 Å². The molecule has 1 fully saturated rings. The van der Waals surface area contributed by atoms with Crippen LogP contribution in [0.5, 0.6) is 5.75 Å². The minimum atomic E-state index is -0.127. The Labute approximate surface area is 107 Å². The number of hydrogen-bond donors (Lipinski definition) is 3. The lowest BCUT2D eigenvalue weighted by Crippen LogP contribution is -2.47. The Kier molecular flexibility index (Phi) is 3.57. The highest BCUT2D eigenvalue weighted by Gasteiger charge is 2.28. The molecule has 1 saturated heterocycles. The molecule has 4 heteroatoms. The third kappa shape index (κ3) is 2.64. The van der Waals surface area contributed by atoms with Crippen molar-refractivity contribution >= 4 is 5.91 Å². The summed E-state index contributed by atoms with van der Waals surface area (Å²) in [5.74, 6) is 0.0335. The maximum atomic E-state index is 12.1. The van der Waals surface area contributed by atoms with Gasteiger partial charge in [-0.3, -0.25) is 4.79 Å². The summed E-state index contributed by atoms with van der Waals surface area (Å²) in [6, 6.07) is 5.01. The molecule has 0 aliphatic carbocycles. The van der Waals surface area contributed by atoms with Crippen LogP contribution in [0.15, 0.2) is 18.2 Å². The Balaban J connectivity index is 2.01. The van der Waals surface area contributed by atoms with Gasteiger partial charge in [0.2, 0.25) is 0 Å². The van der Waals surface area contributed by atoms with Gasteiger partial charge < -0.3 is 15.7 Å². The molecule has 2 rings (SSSR count). The van der Waals surface area contributed by atoms with Crippen molar-refractivity contribution in [3.05, 3.63) is 29.3 Å². The second-order valence-corrected chi connectivity index (χ2v) is 5.22. The van der Waals surface area contributed by atoms with Gasteiger partial charge in [0.15, 0.2) is 0 Å². The average molecular weight is 248 g/mol. The van der Waals surface area contributed by atoms with Gasteiger partial charge in [-0.05, 0) is 45.4 Å². The summed E-state index contributed by atoms with van der Waals surface area (Å²) >= 11 is 0. The number of hydrogen-bond acceptors (Lipinski definition) is 3. The Morgan fingerprint density at radius 1 is 1.56 bits per heavy atom. The minimum Gasteiger partial charge on any atom is -0.508 e. The van der Waals surface area contributed by atoms with Gasteiger partial charge in [-0.15, -0.1) is 0 Å². The number of rotatable bonds is 3. The molecule has 1 heterocycles. The molecular formula is C14H20N2O2. The SMILES string of the molecule is Cc1c(O)cccc1C(=O)NCC1(C)CCCN1. The number of nitrogens with one attached hydrogen (secondary N) is 2. The van der Waals surface area contributed by atoms with Gasteiger partial charge in [0.25, 0.3) is 5.91 Å². The molecule has 1 aliphatic heterocycles.